The molecular formula is C23H23BrN4O2. The van der Waals surface area contributed by atoms with Crippen molar-refractivity contribution in [3.8, 4) is 5.75 Å². The Bertz CT molecular complexity index is 1140. The molecule has 0 amide bonds. The third-order valence-electron chi connectivity index (χ3n) is 5.73. The number of H-pyrrole nitrogens is 1. The number of aliphatic hydroxyl groups is 1. The lowest BCUT2D eigenvalue weighted by atomic mass is 9.82. The Kier molecular flexibility index (Phi) is 5.31. The zero-order valence-electron chi connectivity index (χ0n) is 16.5. The molecule has 6 nitrogen and oxygen atoms in total. The van der Waals surface area contributed by atoms with Crippen molar-refractivity contribution in [2.45, 2.75) is 37.8 Å². The first-order chi connectivity index (χ1) is 14.7. The van der Waals surface area contributed by atoms with Gasteiger partial charge >= 0.3 is 0 Å². The summed E-state index contributed by atoms with van der Waals surface area (Å²) in [5.41, 5.74) is 5.27. The molecule has 2 unspecified atom stereocenters. The van der Waals surface area contributed by atoms with Crippen LogP contribution in [-0.4, -0.2) is 37.8 Å². The lowest BCUT2D eigenvalue weighted by Crippen LogP contribution is -2.24. The van der Waals surface area contributed by atoms with Crippen LogP contribution in [0, 0.1) is 0 Å². The van der Waals surface area contributed by atoms with Gasteiger partial charge in [-0.1, -0.05) is 28.1 Å². The van der Waals surface area contributed by atoms with Crippen molar-refractivity contribution >= 4 is 26.8 Å². The molecule has 0 saturated carbocycles. The molecule has 0 aliphatic heterocycles. The van der Waals surface area contributed by atoms with Crippen LogP contribution in [0.2, 0.25) is 0 Å². The maximum Gasteiger partial charge on any atom is 0.119 e. The van der Waals surface area contributed by atoms with E-state index in [0.717, 1.165) is 23.1 Å². The van der Waals surface area contributed by atoms with Gasteiger partial charge in [0.15, 0.2) is 0 Å². The zero-order valence-corrected chi connectivity index (χ0v) is 18.0. The summed E-state index contributed by atoms with van der Waals surface area (Å²) in [6.07, 6.45) is 5.96. The normalized spacial score (nSPS) is 17.1. The van der Waals surface area contributed by atoms with Gasteiger partial charge in [-0.2, -0.15) is 15.0 Å². The molecule has 7 heteroatoms. The molecule has 0 spiro atoms. The van der Waals surface area contributed by atoms with Crippen LogP contribution in [0.3, 0.4) is 0 Å². The van der Waals surface area contributed by atoms with Crippen molar-refractivity contribution in [1.82, 2.24) is 20.0 Å². The lowest BCUT2D eigenvalue weighted by molar-refractivity contribution is 0.0854. The third-order valence-corrected chi connectivity index (χ3v) is 6.23. The highest BCUT2D eigenvalue weighted by molar-refractivity contribution is 9.10. The summed E-state index contributed by atoms with van der Waals surface area (Å²) in [4.78, 5) is 5.12. The lowest BCUT2D eigenvalue weighted by Gasteiger charge is -2.23. The van der Waals surface area contributed by atoms with E-state index in [4.69, 9.17) is 4.74 Å². The van der Waals surface area contributed by atoms with E-state index >= 15 is 0 Å². The van der Waals surface area contributed by atoms with E-state index in [0.29, 0.717) is 12.5 Å². The fourth-order valence-electron chi connectivity index (χ4n) is 4.34. The summed E-state index contributed by atoms with van der Waals surface area (Å²) < 4.78 is 6.87. The number of nitrogens with one attached hydrogen (secondary N) is 1. The summed E-state index contributed by atoms with van der Waals surface area (Å²) in [7, 11) is 0. The van der Waals surface area contributed by atoms with Crippen LogP contribution in [0.1, 0.15) is 35.6 Å². The number of rotatable bonds is 6. The Hall–Kier alpha value is -2.64. The largest absolute Gasteiger partial charge is 0.491 e. The van der Waals surface area contributed by atoms with E-state index < -0.39 is 6.10 Å². The van der Waals surface area contributed by atoms with Crippen LogP contribution in [0.15, 0.2) is 59.3 Å². The number of aromatic amines is 1. The zero-order chi connectivity index (χ0) is 20.5. The number of benzene rings is 2. The fourth-order valence-corrected chi connectivity index (χ4v) is 4.70. The molecule has 5 rings (SSSR count). The number of hydrogen-bond donors (Lipinski definition) is 2. The third kappa shape index (κ3) is 3.87. The Morgan fingerprint density at radius 3 is 2.77 bits per heavy atom. The Balaban J connectivity index is 1.30. The van der Waals surface area contributed by atoms with Gasteiger partial charge in [-0.25, -0.2) is 0 Å². The minimum atomic E-state index is -0.663. The van der Waals surface area contributed by atoms with E-state index in [1.807, 2.05) is 12.1 Å². The van der Waals surface area contributed by atoms with Gasteiger partial charge in [0, 0.05) is 27.0 Å². The van der Waals surface area contributed by atoms with Gasteiger partial charge in [-0.3, -0.25) is 0 Å². The average Bonchev–Trinajstić information content (AvgIpc) is 3.40. The van der Waals surface area contributed by atoms with Crippen LogP contribution in [0.25, 0.3) is 10.9 Å². The van der Waals surface area contributed by atoms with Crippen LogP contribution >= 0.6 is 15.9 Å². The summed E-state index contributed by atoms with van der Waals surface area (Å²) in [5, 5.41) is 19.4. The molecule has 0 saturated heterocycles. The molecule has 0 fully saturated rings. The predicted molar refractivity (Wildman–Crippen MR) is 119 cm³/mol. The number of aryl methyl sites for hydroxylation is 1. The Morgan fingerprint density at radius 2 is 1.97 bits per heavy atom. The number of aromatic nitrogens is 4. The maximum absolute atomic E-state index is 10.1. The first-order valence-corrected chi connectivity index (χ1v) is 11.0. The molecule has 2 aromatic carbocycles. The number of halogens is 1. The van der Waals surface area contributed by atoms with Crippen LogP contribution in [0.5, 0.6) is 5.75 Å². The fraction of sp³-hybridized carbons (Fsp3) is 0.304. The monoisotopic (exact) mass is 466 g/mol. The molecule has 2 heterocycles. The van der Waals surface area contributed by atoms with Gasteiger partial charge in [-0.05, 0) is 60.7 Å². The second-order valence-electron chi connectivity index (χ2n) is 7.77. The minimum Gasteiger partial charge on any atom is -0.491 e. The number of nitrogens with zero attached hydrogens (tertiary/aromatic N) is 3. The van der Waals surface area contributed by atoms with E-state index in [9.17, 15) is 5.11 Å². The van der Waals surface area contributed by atoms with E-state index in [1.54, 1.807) is 12.4 Å². The minimum absolute atomic E-state index is 0.200. The second-order valence-corrected chi connectivity index (χ2v) is 8.69. The highest BCUT2D eigenvalue weighted by atomic mass is 79.9. The summed E-state index contributed by atoms with van der Waals surface area (Å²) in [6.45, 7) is 0.512. The quantitative estimate of drug-likeness (QED) is 0.440. The molecular weight excluding hydrogens is 444 g/mol. The molecule has 0 bridgehead atoms. The van der Waals surface area contributed by atoms with Crippen LogP contribution < -0.4 is 4.74 Å². The standard InChI is InChI=1S/C23H23BrN4O2/c24-16-6-9-22-21(12-16)20-3-1-2-19(23(20)27-22)15-4-7-18(8-5-15)30-14-17(29)13-28-25-10-11-26-28/h4-12,17,19,27,29H,1-3,13-14H2. The molecule has 2 N–H and O–H groups in total. The summed E-state index contributed by atoms with van der Waals surface area (Å²) >= 11 is 3.60. The van der Waals surface area contributed by atoms with Crippen molar-refractivity contribution < 1.29 is 9.84 Å². The molecule has 2 atom stereocenters. The highest BCUT2D eigenvalue weighted by Crippen LogP contribution is 2.40. The van der Waals surface area contributed by atoms with Crippen LogP contribution in [0.4, 0.5) is 0 Å². The number of aliphatic hydroxyl groups excluding tert-OH is 1. The summed E-state index contributed by atoms with van der Waals surface area (Å²) in [5.74, 6) is 1.12. The SMILES string of the molecule is OC(COc1ccc(C2CCCc3c2[nH]c2ccc(Br)cc32)cc1)Cn1nccn1. The Morgan fingerprint density at radius 1 is 1.17 bits per heavy atom. The van der Waals surface area contributed by atoms with Gasteiger partial charge in [0.1, 0.15) is 18.5 Å². The molecule has 154 valence electrons. The van der Waals surface area contributed by atoms with Crippen LogP contribution in [-0.2, 0) is 13.0 Å². The molecule has 0 radical (unpaired) electrons. The first kappa shape index (κ1) is 19.3. The molecule has 1 aliphatic rings. The average molecular weight is 467 g/mol. The number of fused-ring (bicyclic) bond motifs is 3. The van der Waals surface area contributed by atoms with Gasteiger partial charge in [0.25, 0.3) is 0 Å². The molecule has 1 aliphatic carbocycles. The highest BCUT2D eigenvalue weighted by Gasteiger charge is 2.25. The summed E-state index contributed by atoms with van der Waals surface area (Å²) in [6, 6.07) is 14.7. The second kappa shape index (κ2) is 8.24. The molecule has 30 heavy (non-hydrogen) atoms. The molecule has 4 aromatic rings. The molecule has 2 aromatic heterocycles. The van der Waals surface area contributed by atoms with Gasteiger partial charge in [0.05, 0.1) is 18.9 Å². The van der Waals surface area contributed by atoms with E-state index in [1.165, 1.54) is 38.9 Å². The van der Waals surface area contributed by atoms with Crippen molar-refractivity contribution in [2.75, 3.05) is 6.61 Å². The maximum atomic E-state index is 10.1. The van der Waals surface area contributed by atoms with Gasteiger partial charge in [0.2, 0.25) is 0 Å². The topological polar surface area (TPSA) is 76.0 Å². The van der Waals surface area contributed by atoms with Crippen molar-refractivity contribution in [2.24, 2.45) is 0 Å². The van der Waals surface area contributed by atoms with Crippen molar-refractivity contribution in [3.63, 3.8) is 0 Å². The number of ether oxygens (including phenoxy) is 1. The van der Waals surface area contributed by atoms with Crippen molar-refractivity contribution in [1.29, 1.82) is 0 Å². The van der Waals surface area contributed by atoms with Gasteiger partial charge in [-0.15, -0.1) is 0 Å². The predicted octanol–water partition coefficient (Wildman–Crippen LogP) is 4.43. The van der Waals surface area contributed by atoms with Gasteiger partial charge < -0.3 is 14.8 Å². The van der Waals surface area contributed by atoms with E-state index in [2.05, 4.69) is 61.4 Å². The first-order valence-electron chi connectivity index (χ1n) is 10.2. The Labute approximate surface area is 183 Å². The smallest absolute Gasteiger partial charge is 0.119 e. The van der Waals surface area contributed by atoms with E-state index in [-0.39, 0.29) is 6.61 Å². The van der Waals surface area contributed by atoms with Crippen molar-refractivity contribution in [3.05, 3.63) is 76.2 Å². The number of hydrogen-bond acceptors (Lipinski definition) is 4.